The molecule has 5 nitrogen and oxygen atoms in total. The summed E-state index contributed by atoms with van der Waals surface area (Å²) >= 11 is 5.77. The maximum atomic E-state index is 13.2. The fourth-order valence-corrected chi connectivity index (χ4v) is 3.59. The van der Waals surface area contributed by atoms with Gasteiger partial charge in [0.15, 0.2) is 0 Å². The molecule has 0 fully saturated rings. The fourth-order valence-electron chi connectivity index (χ4n) is 1.58. The van der Waals surface area contributed by atoms with Crippen molar-refractivity contribution < 1.29 is 17.9 Å². The maximum absolute atomic E-state index is 13.2. The molecule has 0 atom stereocenters. The topological polar surface area (TPSA) is 83.6 Å². The highest BCUT2D eigenvalue weighted by atomic mass is 35.5. The van der Waals surface area contributed by atoms with E-state index in [9.17, 15) is 12.8 Å². The Kier molecular flexibility index (Phi) is 5.54. The third-order valence-electron chi connectivity index (χ3n) is 2.59. The Morgan fingerprint density at radius 1 is 1.47 bits per heavy atom. The van der Waals surface area contributed by atoms with Gasteiger partial charge in [0.2, 0.25) is 10.0 Å². The van der Waals surface area contributed by atoms with Crippen LogP contribution in [-0.4, -0.2) is 37.5 Å². The van der Waals surface area contributed by atoms with Gasteiger partial charge in [-0.3, -0.25) is 0 Å². The second-order valence-corrected chi connectivity index (χ2v) is 6.19. The summed E-state index contributed by atoms with van der Waals surface area (Å²) in [7, 11) is -3.85. The summed E-state index contributed by atoms with van der Waals surface area (Å²) in [5.74, 6) is -0.762. The van der Waals surface area contributed by atoms with E-state index in [1.54, 1.807) is 6.92 Å². The van der Waals surface area contributed by atoms with E-state index in [1.165, 1.54) is 0 Å². The first-order chi connectivity index (χ1) is 8.84. The Labute approximate surface area is 116 Å². The normalized spacial score (nSPS) is 12.1. The van der Waals surface area contributed by atoms with Crippen LogP contribution in [0.25, 0.3) is 0 Å². The minimum Gasteiger partial charge on any atom is -0.396 e. The fraction of sp³-hybridized carbons (Fsp3) is 0.455. The summed E-state index contributed by atoms with van der Waals surface area (Å²) in [6.07, 6.45) is 0.307. The molecule has 0 saturated carbocycles. The second kappa shape index (κ2) is 6.51. The molecule has 0 aliphatic heterocycles. The van der Waals surface area contributed by atoms with E-state index >= 15 is 0 Å². The van der Waals surface area contributed by atoms with Gasteiger partial charge < -0.3 is 10.8 Å². The Bertz CT molecular complexity index is 551. The van der Waals surface area contributed by atoms with Crippen LogP contribution in [0.3, 0.4) is 0 Å². The van der Waals surface area contributed by atoms with Crippen LogP contribution in [0.15, 0.2) is 17.0 Å². The predicted octanol–water partition coefficient (Wildman–Crippen LogP) is 1.45. The Morgan fingerprint density at radius 2 is 2.11 bits per heavy atom. The Balaban J connectivity index is 3.22. The van der Waals surface area contributed by atoms with Gasteiger partial charge in [-0.25, -0.2) is 12.8 Å². The van der Waals surface area contributed by atoms with E-state index in [1.807, 2.05) is 0 Å². The number of aliphatic hydroxyl groups is 1. The van der Waals surface area contributed by atoms with Crippen molar-refractivity contribution in [2.24, 2.45) is 0 Å². The third kappa shape index (κ3) is 3.56. The summed E-state index contributed by atoms with van der Waals surface area (Å²) < 4.78 is 39.0. The molecule has 0 amide bonds. The van der Waals surface area contributed by atoms with Crippen LogP contribution in [0.2, 0.25) is 5.02 Å². The lowest BCUT2D eigenvalue weighted by atomic mass is 10.3. The molecular weight excluding hydrogens is 295 g/mol. The molecule has 0 saturated heterocycles. The molecule has 0 unspecified atom stereocenters. The zero-order valence-electron chi connectivity index (χ0n) is 10.4. The first kappa shape index (κ1) is 16.2. The predicted molar refractivity (Wildman–Crippen MR) is 72.0 cm³/mol. The molecule has 0 aliphatic carbocycles. The highest BCUT2D eigenvalue weighted by molar-refractivity contribution is 7.89. The minimum atomic E-state index is -3.85. The average Bonchev–Trinajstić information content (AvgIpc) is 2.34. The van der Waals surface area contributed by atoms with Crippen LogP contribution in [-0.2, 0) is 10.0 Å². The smallest absolute Gasteiger partial charge is 0.244 e. The zero-order valence-corrected chi connectivity index (χ0v) is 12.0. The van der Waals surface area contributed by atoms with E-state index in [4.69, 9.17) is 22.4 Å². The lowest BCUT2D eigenvalue weighted by Gasteiger charge is -2.21. The van der Waals surface area contributed by atoms with Crippen molar-refractivity contribution in [2.45, 2.75) is 18.2 Å². The van der Waals surface area contributed by atoms with Gasteiger partial charge in [0.1, 0.15) is 10.7 Å². The standard InChI is InChI=1S/C11H16ClFN2O3S/c1-2-15(4-3-5-16)19(17,18)11-7-10(14)9(13)6-8(11)12/h6-7,16H,2-5,14H2,1H3. The molecule has 3 N–H and O–H groups in total. The molecule has 108 valence electrons. The lowest BCUT2D eigenvalue weighted by molar-refractivity contribution is 0.271. The molecule has 0 radical (unpaired) electrons. The molecule has 0 aliphatic rings. The zero-order chi connectivity index (χ0) is 14.6. The van der Waals surface area contributed by atoms with Crippen molar-refractivity contribution in [3.05, 3.63) is 23.0 Å². The number of hydrogen-bond donors (Lipinski definition) is 2. The number of benzene rings is 1. The molecular formula is C11H16ClFN2O3S. The van der Waals surface area contributed by atoms with Gasteiger partial charge in [-0.05, 0) is 18.6 Å². The number of aliphatic hydroxyl groups excluding tert-OH is 1. The van der Waals surface area contributed by atoms with E-state index in [2.05, 4.69) is 0 Å². The van der Waals surface area contributed by atoms with Crippen LogP contribution in [0.5, 0.6) is 0 Å². The number of nitrogens with two attached hydrogens (primary N) is 1. The van der Waals surface area contributed by atoms with Crippen molar-refractivity contribution in [2.75, 3.05) is 25.4 Å². The number of nitrogens with zero attached hydrogens (tertiary/aromatic N) is 1. The van der Waals surface area contributed by atoms with Crippen LogP contribution >= 0.6 is 11.6 Å². The number of sulfonamides is 1. The van der Waals surface area contributed by atoms with Crippen LogP contribution in [0.1, 0.15) is 13.3 Å². The summed E-state index contributed by atoms with van der Waals surface area (Å²) in [6.45, 7) is 1.92. The van der Waals surface area contributed by atoms with E-state index < -0.39 is 15.8 Å². The molecule has 19 heavy (non-hydrogen) atoms. The van der Waals surface area contributed by atoms with Gasteiger partial charge in [0.05, 0.1) is 10.7 Å². The SMILES string of the molecule is CCN(CCCO)S(=O)(=O)c1cc(N)c(F)cc1Cl. The van der Waals surface area contributed by atoms with Crippen molar-refractivity contribution in [3.8, 4) is 0 Å². The average molecular weight is 311 g/mol. The summed E-state index contributed by atoms with van der Waals surface area (Å²) in [4.78, 5) is -0.229. The molecule has 0 heterocycles. The molecule has 0 aromatic heterocycles. The van der Waals surface area contributed by atoms with Crippen molar-refractivity contribution in [1.82, 2.24) is 4.31 Å². The van der Waals surface area contributed by atoms with Crippen LogP contribution in [0.4, 0.5) is 10.1 Å². The highest BCUT2D eigenvalue weighted by Crippen LogP contribution is 2.28. The largest absolute Gasteiger partial charge is 0.396 e. The number of anilines is 1. The summed E-state index contributed by atoms with van der Waals surface area (Å²) in [6, 6.07) is 1.89. The van der Waals surface area contributed by atoms with Crippen LogP contribution < -0.4 is 5.73 Å². The highest BCUT2D eigenvalue weighted by Gasteiger charge is 2.26. The van der Waals surface area contributed by atoms with Crippen molar-refractivity contribution in [1.29, 1.82) is 0 Å². The molecule has 1 aromatic rings. The monoisotopic (exact) mass is 310 g/mol. The second-order valence-electron chi connectivity index (χ2n) is 3.88. The Morgan fingerprint density at radius 3 is 2.63 bits per heavy atom. The molecule has 1 rings (SSSR count). The molecule has 0 bridgehead atoms. The minimum absolute atomic E-state index is 0.120. The van der Waals surface area contributed by atoms with Crippen LogP contribution in [0, 0.1) is 5.82 Å². The number of nitrogen functional groups attached to an aromatic ring is 1. The van der Waals surface area contributed by atoms with Crippen molar-refractivity contribution >= 4 is 27.3 Å². The van der Waals surface area contributed by atoms with Gasteiger partial charge in [-0.1, -0.05) is 18.5 Å². The van der Waals surface area contributed by atoms with E-state index in [0.717, 1.165) is 16.4 Å². The molecule has 0 spiro atoms. The number of rotatable bonds is 6. The van der Waals surface area contributed by atoms with Gasteiger partial charge in [-0.2, -0.15) is 4.31 Å². The first-order valence-corrected chi connectivity index (χ1v) is 7.52. The van der Waals surface area contributed by atoms with Gasteiger partial charge in [-0.15, -0.1) is 0 Å². The van der Waals surface area contributed by atoms with E-state index in [0.29, 0.717) is 6.42 Å². The van der Waals surface area contributed by atoms with Gasteiger partial charge in [0.25, 0.3) is 0 Å². The summed E-state index contributed by atoms with van der Waals surface area (Å²) in [5, 5.41) is 8.55. The molecule has 1 aromatic carbocycles. The summed E-state index contributed by atoms with van der Waals surface area (Å²) in [5.41, 5.74) is 5.09. The lowest BCUT2D eigenvalue weighted by Crippen LogP contribution is -2.32. The van der Waals surface area contributed by atoms with Gasteiger partial charge in [0, 0.05) is 19.7 Å². The van der Waals surface area contributed by atoms with E-state index in [-0.39, 0.29) is 35.3 Å². The first-order valence-electron chi connectivity index (χ1n) is 5.70. The Hall–Kier alpha value is -0.890. The third-order valence-corrected chi connectivity index (χ3v) is 5.03. The molecule has 8 heteroatoms. The van der Waals surface area contributed by atoms with Gasteiger partial charge >= 0.3 is 0 Å². The van der Waals surface area contributed by atoms with Crippen molar-refractivity contribution in [3.63, 3.8) is 0 Å². The quantitative estimate of drug-likeness (QED) is 0.779. The maximum Gasteiger partial charge on any atom is 0.244 e. The number of hydrogen-bond acceptors (Lipinski definition) is 4. The number of halogens is 2.